The Morgan fingerprint density at radius 3 is 2.38 bits per heavy atom. The summed E-state index contributed by atoms with van der Waals surface area (Å²) in [7, 11) is 0. The number of phenols is 1. The molecule has 1 saturated carbocycles. The van der Waals surface area contributed by atoms with Gasteiger partial charge in [0, 0.05) is 106 Å². The summed E-state index contributed by atoms with van der Waals surface area (Å²) in [5.74, 6) is 1.89. The number of para-hydroxylation sites is 1. The van der Waals surface area contributed by atoms with Gasteiger partial charge >= 0.3 is 0 Å². The van der Waals surface area contributed by atoms with Gasteiger partial charge in [0.2, 0.25) is 17.7 Å². The molecule has 3 saturated heterocycles. The number of aryl methyl sites for hydroxylation is 1. The van der Waals surface area contributed by atoms with Gasteiger partial charge in [-0.3, -0.25) is 19.3 Å². The molecule has 0 bridgehead atoms. The van der Waals surface area contributed by atoms with Gasteiger partial charge in [0.15, 0.2) is 17.2 Å². The van der Waals surface area contributed by atoms with Crippen molar-refractivity contribution in [1.29, 1.82) is 0 Å². The molecule has 5 aliphatic rings. The molecule has 0 radical (unpaired) electrons. The van der Waals surface area contributed by atoms with Crippen molar-refractivity contribution in [2.24, 2.45) is 17.8 Å². The molecule has 7 aromatic rings. The number of nitrogens with one attached hydrogen (secondary N) is 2. The lowest BCUT2D eigenvalue weighted by atomic mass is 9.81. The number of anilines is 2. The number of piperidine rings is 1. The number of pyridine rings is 2. The highest BCUT2D eigenvalue weighted by Crippen LogP contribution is 2.37. The normalized spacial score (nSPS) is 21.7. The number of hydrogen-bond donors (Lipinski definition) is 4. The number of carbonyl (C=O) groups excluding carboxylic acids is 2. The summed E-state index contributed by atoms with van der Waals surface area (Å²) in [5, 5.41) is 38.3. The van der Waals surface area contributed by atoms with E-state index in [2.05, 4.69) is 55.2 Å². The van der Waals surface area contributed by atoms with Crippen LogP contribution in [0.3, 0.4) is 0 Å². The fraction of sp³-hybridized carbons (Fsp3) is 0.475. The van der Waals surface area contributed by atoms with Gasteiger partial charge in [-0.25, -0.2) is 9.97 Å². The lowest BCUT2D eigenvalue weighted by Gasteiger charge is -2.42. The molecule has 9 heterocycles. The van der Waals surface area contributed by atoms with Crippen LogP contribution in [0.2, 0.25) is 0 Å². The van der Waals surface area contributed by atoms with Crippen molar-refractivity contribution in [2.75, 3.05) is 75.2 Å². The molecule has 1 unspecified atom stereocenters. The Hall–Kier alpha value is -7.26. The molecule has 0 spiro atoms. The Morgan fingerprint density at radius 1 is 0.864 bits per heavy atom. The van der Waals surface area contributed by atoms with Crippen molar-refractivity contribution in [1.82, 2.24) is 50.3 Å². The molecule has 2 amide bonds. The molecule has 5 aromatic heterocycles. The molecule has 2 aromatic carbocycles. The standard InChI is InChI=1S/C61H72N12O7S/c1-36(2)56(61(78)73-33-44(74)28-51(73)60(77)64-37(3)41-9-11-42(12-10-41)57-38(4)63-35-81-57)53-30-54(68-80-53)71-23-21-70(22-24-71)31-39-14-18-69(19-15-39)32-40-25-45(26-40)79-55-27-43(13-17-62-55)72-20-16-46-48-29-50(47-7-5-6-8-52(47)75)66-67-58(48)65-59(76)49(46)34-72/h5-13,17,27,29-30,35-37,39-40,44-45,51,56,74-75H,14-16,18-26,28,31-34H2,1-4H3,(H,64,77)(H,65,67,76)/t37-,40?,44+,45?,51-,56?/m0/s1. The number of benzene rings is 2. The summed E-state index contributed by atoms with van der Waals surface area (Å²) in [6.07, 6.45) is 6.34. The van der Waals surface area contributed by atoms with Crippen LogP contribution in [-0.2, 0) is 22.6 Å². The highest BCUT2D eigenvalue weighted by atomic mass is 32.1. The third-order valence-electron chi connectivity index (χ3n) is 17.5. The van der Waals surface area contributed by atoms with E-state index < -0.39 is 18.1 Å². The lowest BCUT2D eigenvalue weighted by Crippen LogP contribution is -2.49. The van der Waals surface area contributed by atoms with Crippen LogP contribution in [0.4, 0.5) is 11.5 Å². The SMILES string of the molecule is Cc1ncsc1-c1ccc([C@H](C)NC(=O)[C@@H]2C[C@@H](O)CN2C(=O)C(c2cc(N3CCN(CC4CCN(CC5CC(Oc6cc(N7CCc8c(c(=O)[nH]c9nnc(-c%10ccccc%10O)cc89)C7)ccn6)C5)CC4)CC3)no2)C(C)C)cc1. The van der Waals surface area contributed by atoms with Gasteiger partial charge in [-0.1, -0.05) is 55.4 Å². The van der Waals surface area contributed by atoms with Crippen molar-refractivity contribution in [3.05, 3.63) is 123 Å². The summed E-state index contributed by atoms with van der Waals surface area (Å²) in [6.45, 7) is 17.0. The minimum atomic E-state index is -0.805. The number of β-amino-alcohol motifs (C(OH)–C–C–N with tert-alkyl or cyclic N) is 1. The van der Waals surface area contributed by atoms with E-state index in [9.17, 15) is 24.6 Å². The third-order valence-corrected chi connectivity index (χ3v) is 18.5. The van der Waals surface area contributed by atoms with Gasteiger partial charge in [-0.15, -0.1) is 21.5 Å². The van der Waals surface area contributed by atoms with E-state index in [1.54, 1.807) is 29.7 Å². The molecular weight excluding hydrogens is 1040 g/mol. The fourth-order valence-electron chi connectivity index (χ4n) is 12.9. The number of amides is 2. The zero-order valence-electron chi connectivity index (χ0n) is 46.5. The number of aliphatic hydroxyl groups is 1. The molecule has 19 nitrogen and oxygen atoms in total. The smallest absolute Gasteiger partial charge is 0.254 e. The largest absolute Gasteiger partial charge is 0.507 e. The summed E-state index contributed by atoms with van der Waals surface area (Å²) in [5.41, 5.74) is 8.91. The first kappa shape index (κ1) is 54.3. The summed E-state index contributed by atoms with van der Waals surface area (Å²) in [4.78, 5) is 65.7. The van der Waals surface area contributed by atoms with E-state index in [0.29, 0.717) is 65.5 Å². The Morgan fingerprint density at radius 2 is 1.63 bits per heavy atom. The van der Waals surface area contributed by atoms with Crippen LogP contribution in [0, 0.1) is 24.7 Å². The number of aromatic amines is 1. The minimum Gasteiger partial charge on any atom is -0.507 e. The van der Waals surface area contributed by atoms with Gasteiger partial charge in [0.25, 0.3) is 5.56 Å². The number of carbonyl (C=O) groups is 2. The monoisotopic (exact) mass is 1120 g/mol. The average Bonchev–Trinajstić information content (AvgIpc) is 4.29. The predicted molar refractivity (Wildman–Crippen MR) is 310 cm³/mol. The number of thiazole rings is 1. The number of aromatic hydroxyl groups is 1. The van der Waals surface area contributed by atoms with Crippen molar-refractivity contribution >= 4 is 45.7 Å². The maximum absolute atomic E-state index is 14.4. The number of phenolic OH excluding ortho intramolecular Hbond substituents is 1. The number of ether oxygens (including phenoxy) is 1. The first-order chi connectivity index (χ1) is 39.3. The quantitative estimate of drug-likeness (QED) is 0.0743. The van der Waals surface area contributed by atoms with Gasteiger partial charge in [0.05, 0.1) is 33.9 Å². The highest BCUT2D eigenvalue weighted by molar-refractivity contribution is 7.13. The number of piperazine rings is 1. The molecule has 4 fully saturated rings. The number of nitrogens with zero attached hydrogens (tertiary/aromatic N) is 10. The molecule has 12 rings (SSSR count). The number of hydrogen-bond acceptors (Lipinski definition) is 17. The van der Waals surface area contributed by atoms with Gasteiger partial charge < -0.3 is 49.4 Å². The zero-order valence-corrected chi connectivity index (χ0v) is 47.4. The fourth-order valence-corrected chi connectivity index (χ4v) is 13.7. The molecule has 424 valence electrons. The van der Waals surface area contributed by atoms with Crippen LogP contribution in [-0.4, -0.2) is 151 Å². The van der Waals surface area contributed by atoms with Crippen LogP contribution in [0.15, 0.2) is 93.8 Å². The van der Waals surface area contributed by atoms with E-state index in [4.69, 9.17) is 9.26 Å². The van der Waals surface area contributed by atoms with E-state index >= 15 is 0 Å². The summed E-state index contributed by atoms with van der Waals surface area (Å²) < 4.78 is 12.4. The number of aromatic nitrogens is 6. The lowest BCUT2D eigenvalue weighted by molar-refractivity contribution is -0.141. The summed E-state index contributed by atoms with van der Waals surface area (Å²) >= 11 is 1.60. The zero-order chi connectivity index (χ0) is 55.9. The second kappa shape index (κ2) is 23.3. The molecule has 20 heteroatoms. The first-order valence-electron chi connectivity index (χ1n) is 28.8. The topological polar surface area (TPSA) is 223 Å². The molecule has 4 N–H and O–H groups in total. The van der Waals surface area contributed by atoms with E-state index in [1.165, 1.54) is 17.7 Å². The van der Waals surface area contributed by atoms with Crippen LogP contribution in [0.25, 0.3) is 32.7 Å². The number of likely N-dealkylation sites (tertiary alicyclic amines) is 2. The van der Waals surface area contributed by atoms with Gasteiger partial charge in [0.1, 0.15) is 23.8 Å². The Bertz CT molecular complexity index is 3440. The first-order valence-corrected chi connectivity index (χ1v) is 29.7. The molecule has 4 aliphatic heterocycles. The van der Waals surface area contributed by atoms with Crippen LogP contribution in [0.1, 0.15) is 93.0 Å². The van der Waals surface area contributed by atoms with Crippen molar-refractivity contribution < 1.29 is 29.1 Å². The number of fused-ring (bicyclic) bond motifs is 3. The second-order valence-corrected chi connectivity index (χ2v) is 24.2. The van der Waals surface area contributed by atoms with Crippen LogP contribution < -0.4 is 25.4 Å². The molecule has 1 aliphatic carbocycles. The highest BCUT2D eigenvalue weighted by Gasteiger charge is 2.44. The Labute approximate surface area is 475 Å². The number of aliphatic hydroxyl groups excluding tert-OH is 1. The second-order valence-electron chi connectivity index (χ2n) is 23.4. The number of rotatable bonds is 16. The Balaban J connectivity index is 0.571. The van der Waals surface area contributed by atoms with Crippen molar-refractivity contribution in [2.45, 2.75) is 103 Å². The molecule has 4 atom stereocenters. The molecule has 81 heavy (non-hydrogen) atoms. The van der Waals surface area contributed by atoms with E-state index in [1.807, 2.05) is 93.9 Å². The van der Waals surface area contributed by atoms with E-state index in [0.717, 1.165) is 109 Å². The van der Waals surface area contributed by atoms with Crippen molar-refractivity contribution in [3.8, 4) is 33.3 Å². The van der Waals surface area contributed by atoms with Crippen LogP contribution >= 0.6 is 11.3 Å². The molecular formula is C61H72N12O7S. The predicted octanol–water partition coefficient (Wildman–Crippen LogP) is 7.34. The average molecular weight is 1120 g/mol. The van der Waals surface area contributed by atoms with E-state index in [-0.39, 0.29) is 54.2 Å². The summed E-state index contributed by atoms with van der Waals surface area (Å²) in [6, 6.07) is 21.8. The Kier molecular flexibility index (Phi) is 15.6. The minimum absolute atomic E-state index is 0.0816. The van der Waals surface area contributed by atoms with Gasteiger partial charge in [-0.2, -0.15) is 0 Å². The van der Waals surface area contributed by atoms with Crippen molar-refractivity contribution in [3.63, 3.8) is 0 Å². The third kappa shape index (κ3) is 11.7. The number of H-pyrrole nitrogens is 1. The maximum atomic E-state index is 14.4. The maximum Gasteiger partial charge on any atom is 0.254 e. The van der Waals surface area contributed by atoms with Crippen LogP contribution in [0.5, 0.6) is 11.6 Å². The van der Waals surface area contributed by atoms with Gasteiger partial charge in [-0.05, 0) is 118 Å².